The van der Waals surface area contributed by atoms with Gasteiger partial charge in [0.05, 0.1) is 18.3 Å². The number of amides is 1. The molecule has 0 fully saturated rings. The molecule has 0 spiro atoms. The number of para-hydroxylation sites is 2. The van der Waals surface area contributed by atoms with E-state index in [1.165, 1.54) is 15.4 Å². The molecule has 0 saturated heterocycles. The van der Waals surface area contributed by atoms with Gasteiger partial charge in [-0.3, -0.25) is 28.6 Å². The van der Waals surface area contributed by atoms with Gasteiger partial charge in [0.25, 0.3) is 5.56 Å². The number of furan rings is 1. The van der Waals surface area contributed by atoms with Crippen LogP contribution < -0.4 is 27.6 Å². The Kier molecular flexibility index (Phi) is 6.03. The Bertz CT molecular complexity index is 1460. The van der Waals surface area contributed by atoms with E-state index in [4.69, 9.17) is 14.6 Å². The van der Waals surface area contributed by atoms with Crippen molar-refractivity contribution in [2.45, 2.75) is 39.4 Å². The van der Waals surface area contributed by atoms with Gasteiger partial charge in [0.15, 0.2) is 11.3 Å². The lowest BCUT2D eigenvalue weighted by Crippen LogP contribution is -2.42. The molecule has 0 atom stereocenters. The minimum Gasteiger partial charge on any atom is -0.467 e. The van der Waals surface area contributed by atoms with E-state index in [0.717, 1.165) is 11.3 Å². The number of fused-ring (bicyclic) bond motifs is 1. The molecule has 11 heteroatoms. The molecule has 0 unspecified atom stereocenters. The third-order valence-electron chi connectivity index (χ3n) is 5.28. The van der Waals surface area contributed by atoms with E-state index in [2.05, 4.69) is 4.98 Å². The first-order valence-electron chi connectivity index (χ1n) is 10.4. The zero-order valence-electron chi connectivity index (χ0n) is 17.9. The number of nitrogen functional groups attached to an aromatic ring is 1. The van der Waals surface area contributed by atoms with E-state index in [1.807, 2.05) is 6.92 Å². The van der Waals surface area contributed by atoms with Crippen LogP contribution in [0.5, 0.6) is 0 Å². The summed E-state index contributed by atoms with van der Waals surface area (Å²) in [5.41, 5.74) is 5.33. The summed E-state index contributed by atoms with van der Waals surface area (Å²) in [7, 11) is 0. The number of H-pyrrole nitrogens is 1. The van der Waals surface area contributed by atoms with E-state index >= 15 is 0 Å². The molecule has 33 heavy (non-hydrogen) atoms. The third-order valence-corrected chi connectivity index (χ3v) is 5.28. The van der Waals surface area contributed by atoms with Crippen molar-refractivity contribution in [2.75, 3.05) is 10.6 Å². The predicted octanol–water partition coefficient (Wildman–Crippen LogP) is 1.65. The first-order chi connectivity index (χ1) is 15.9. The van der Waals surface area contributed by atoms with Crippen LogP contribution in [-0.2, 0) is 24.4 Å². The SMILES string of the molecule is CCCCn1c(N)c(N(Cc2ccco2)C(=O)Cn2c(=O)oc3ccccc32)c(=O)[nH]c1=O. The smallest absolute Gasteiger partial charge is 0.420 e. The molecule has 4 aromatic rings. The number of carbonyl (C=O) groups excluding carboxylic acids is 1. The molecule has 0 bridgehead atoms. The summed E-state index contributed by atoms with van der Waals surface area (Å²) in [6.07, 6.45) is 2.88. The zero-order valence-corrected chi connectivity index (χ0v) is 17.9. The average molecular weight is 453 g/mol. The molecule has 3 heterocycles. The van der Waals surface area contributed by atoms with Crippen LogP contribution in [0.3, 0.4) is 0 Å². The lowest BCUT2D eigenvalue weighted by Gasteiger charge is -2.24. The number of aromatic amines is 1. The number of hydrogen-bond donors (Lipinski definition) is 2. The number of nitrogens with zero attached hydrogens (tertiary/aromatic N) is 3. The maximum Gasteiger partial charge on any atom is 0.420 e. The van der Waals surface area contributed by atoms with E-state index in [9.17, 15) is 19.2 Å². The minimum atomic E-state index is -0.811. The third kappa shape index (κ3) is 4.25. The van der Waals surface area contributed by atoms with Gasteiger partial charge in [-0.05, 0) is 30.7 Å². The molecule has 0 saturated carbocycles. The number of hydrogen-bond acceptors (Lipinski definition) is 7. The fourth-order valence-electron chi connectivity index (χ4n) is 3.61. The number of benzene rings is 1. The Hall–Kier alpha value is -4.28. The molecule has 172 valence electrons. The number of aromatic nitrogens is 3. The predicted molar refractivity (Wildman–Crippen MR) is 121 cm³/mol. The lowest BCUT2D eigenvalue weighted by atomic mass is 10.3. The normalized spacial score (nSPS) is 11.2. The fraction of sp³-hybridized carbons (Fsp3) is 0.273. The standard InChI is InChI=1S/C22H23N5O6/c1-2-3-10-25-19(23)18(20(29)24-21(25)30)27(12-14-7-6-11-32-14)17(28)13-26-15-8-4-5-9-16(15)33-22(26)31/h4-9,11H,2-3,10,12-13,23H2,1H3,(H,24,29,30). The topological polar surface area (TPSA) is 149 Å². The Morgan fingerprint density at radius 1 is 1.12 bits per heavy atom. The van der Waals surface area contributed by atoms with Crippen LogP contribution in [0.15, 0.2) is 65.9 Å². The van der Waals surface area contributed by atoms with Crippen LogP contribution in [0.2, 0.25) is 0 Å². The van der Waals surface area contributed by atoms with Gasteiger partial charge in [0.1, 0.15) is 18.1 Å². The van der Waals surface area contributed by atoms with Gasteiger partial charge >= 0.3 is 11.4 Å². The highest BCUT2D eigenvalue weighted by atomic mass is 16.4. The Morgan fingerprint density at radius 3 is 2.64 bits per heavy atom. The molecule has 4 rings (SSSR count). The van der Waals surface area contributed by atoms with Gasteiger partial charge in [-0.15, -0.1) is 0 Å². The maximum absolute atomic E-state index is 13.4. The second-order valence-electron chi connectivity index (χ2n) is 7.48. The molecule has 3 aromatic heterocycles. The van der Waals surface area contributed by atoms with E-state index in [0.29, 0.717) is 23.3 Å². The highest BCUT2D eigenvalue weighted by molar-refractivity contribution is 5.95. The van der Waals surface area contributed by atoms with Gasteiger partial charge in [0, 0.05) is 6.54 Å². The molecular formula is C22H23N5O6. The number of carbonyl (C=O) groups is 1. The summed E-state index contributed by atoms with van der Waals surface area (Å²) >= 11 is 0. The van der Waals surface area contributed by atoms with Crippen molar-refractivity contribution < 1.29 is 13.6 Å². The largest absolute Gasteiger partial charge is 0.467 e. The highest BCUT2D eigenvalue weighted by Crippen LogP contribution is 2.21. The summed E-state index contributed by atoms with van der Waals surface area (Å²) in [4.78, 5) is 54.3. The monoisotopic (exact) mass is 453 g/mol. The first kappa shape index (κ1) is 21.9. The molecule has 1 aromatic carbocycles. The summed E-state index contributed by atoms with van der Waals surface area (Å²) in [6.45, 7) is 1.69. The summed E-state index contributed by atoms with van der Waals surface area (Å²) < 4.78 is 13.0. The first-order valence-corrected chi connectivity index (χ1v) is 10.4. The highest BCUT2D eigenvalue weighted by Gasteiger charge is 2.26. The summed E-state index contributed by atoms with van der Waals surface area (Å²) in [6, 6.07) is 9.96. The van der Waals surface area contributed by atoms with Crippen molar-refractivity contribution >= 4 is 28.5 Å². The number of nitrogens with two attached hydrogens (primary N) is 1. The van der Waals surface area contributed by atoms with Crippen LogP contribution in [-0.4, -0.2) is 20.0 Å². The van der Waals surface area contributed by atoms with Gasteiger partial charge in [-0.1, -0.05) is 25.5 Å². The second kappa shape index (κ2) is 9.07. The van der Waals surface area contributed by atoms with E-state index in [1.54, 1.807) is 36.4 Å². The number of nitrogens with one attached hydrogen (secondary N) is 1. The molecule has 0 aliphatic carbocycles. The van der Waals surface area contributed by atoms with Crippen LogP contribution in [0.1, 0.15) is 25.5 Å². The quantitative estimate of drug-likeness (QED) is 0.412. The number of unbranched alkanes of at least 4 members (excludes halogenated alkanes) is 1. The fourth-order valence-corrected chi connectivity index (χ4v) is 3.61. The number of anilines is 2. The van der Waals surface area contributed by atoms with Gasteiger partial charge in [-0.2, -0.15) is 0 Å². The Labute approximate surface area is 186 Å². The van der Waals surface area contributed by atoms with Crippen molar-refractivity contribution in [3.8, 4) is 0 Å². The number of rotatable bonds is 8. The molecule has 1 amide bonds. The van der Waals surface area contributed by atoms with Crippen molar-refractivity contribution in [2.24, 2.45) is 0 Å². The van der Waals surface area contributed by atoms with Crippen molar-refractivity contribution in [3.05, 3.63) is 79.8 Å². The Balaban J connectivity index is 1.80. The van der Waals surface area contributed by atoms with Crippen molar-refractivity contribution in [1.82, 2.24) is 14.1 Å². The molecule has 3 N–H and O–H groups in total. The van der Waals surface area contributed by atoms with Crippen LogP contribution in [0.4, 0.5) is 11.5 Å². The average Bonchev–Trinajstić information content (AvgIpc) is 3.40. The summed E-state index contributed by atoms with van der Waals surface area (Å²) in [5, 5.41) is 0. The van der Waals surface area contributed by atoms with E-state index in [-0.39, 0.29) is 24.6 Å². The number of oxazole rings is 1. The molecule has 11 nitrogen and oxygen atoms in total. The maximum atomic E-state index is 13.4. The zero-order chi connectivity index (χ0) is 23.5. The van der Waals surface area contributed by atoms with E-state index < -0.39 is 29.5 Å². The van der Waals surface area contributed by atoms with Crippen molar-refractivity contribution in [1.29, 1.82) is 0 Å². The van der Waals surface area contributed by atoms with Crippen LogP contribution in [0, 0.1) is 0 Å². The molecule has 0 radical (unpaired) electrons. The molecule has 0 aliphatic heterocycles. The second-order valence-corrected chi connectivity index (χ2v) is 7.48. The summed E-state index contributed by atoms with van der Waals surface area (Å²) in [5.74, 6) is -1.07. The molecular weight excluding hydrogens is 430 g/mol. The van der Waals surface area contributed by atoms with Gasteiger partial charge < -0.3 is 14.6 Å². The molecule has 0 aliphatic rings. The lowest BCUT2D eigenvalue weighted by molar-refractivity contribution is -0.119. The van der Waals surface area contributed by atoms with Gasteiger partial charge in [0.2, 0.25) is 5.91 Å². The van der Waals surface area contributed by atoms with Crippen LogP contribution in [0.25, 0.3) is 11.1 Å². The van der Waals surface area contributed by atoms with Crippen LogP contribution >= 0.6 is 0 Å². The van der Waals surface area contributed by atoms with Crippen molar-refractivity contribution in [3.63, 3.8) is 0 Å². The Morgan fingerprint density at radius 2 is 1.91 bits per heavy atom. The minimum absolute atomic E-state index is 0.129. The van der Waals surface area contributed by atoms with Gasteiger partial charge in [-0.25, -0.2) is 9.59 Å².